The third-order valence-corrected chi connectivity index (χ3v) is 0.997. The van der Waals surface area contributed by atoms with Crippen molar-refractivity contribution in [3.63, 3.8) is 0 Å². The number of hydrogen-bond donors (Lipinski definition) is 2. The van der Waals surface area contributed by atoms with Gasteiger partial charge in [0, 0.05) is 5.57 Å². The van der Waals surface area contributed by atoms with Gasteiger partial charge < -0.3 is 10.0 Å². The summed E-state index contributed by atoms with van der Waals surface area (Å²) in [6.07, 6.45) is 0. The molecule has 0 radical (unpaired) electrons. The van der Waals surface area contributed by atoms with E-state index in [1.165, 1.54) is 6.92 Å². The van der Waals surface area contributed by atoms with Crippen LogP contribution in [0.3, 0.4) is 0 Å². The lowest BCUT2D eigenvalue weighted by molar-refractivity contribution is -0.132. The Balaban J connectivity index is -0.000000162. The van der Waals surface area contributed by atoms with Crippen molar-refractivity contribution >= 4 is 16.4 Å². The lowest BCUT2D eigenvalue weighted by atomic mass is 10.4. The van der Waals surface area contributed by atoms with Crippen molar-refractivity contribution in [2.24, 2.45) is 0 Å². The largest absolute Gasteiger partial charge is 0.478 e. The normalized spacial score (nSPS) is 9.44. The molecule has 7 nitrogen and oxygen atoms in total. The Labute approximate surface area is 96.3 Å². The van der Waals surface area contributed by atoms with Crippen molar-refractivity contribution in [1.29, 1.82) is 0 Å². The van der Waals surface area contributed by atoms with Crippen molar-refractivity contribution in [2.75, 3.05) is 28.3 Å². The zero-order valence-corrected chi connectivity index (χ0v) is 10.9. The molecule has 0 aliphatic rings. The molecule has 0 atom stereocenters. The summed E-state index contributed by atoms with van der Waals surface area (Å²) in [6, 6.07) is 0. The zero-order chi connectivity index (χ0) is 13.9. The van der Waals surface area contributed by atoms with Crippen LogP contribution in [-0.2, 0) is 19.4 Å². The molecule has 0 aromatic rings. The summed E-state index contributed by atoms with van der Waals surface area (Å²) in [6.45, 7) is 4.60. The van der Waals surface area contributed by atoms with Gasteiger partial charge in [0.15, 0.2) is 0 Å². The molecule has 0 spiro atoms. The molecule has 0 bridgehead atoms. The summed E-state index contributed by atoms with van der Waals surface area (Å²) in [5, 5.41) is 7.89. The van der Waals surface area contributed by atoms with Crippen LogP contribution < -0.4 is 0 Å². The highest BCUT2D eigenvalue weighted by atomic mass is 32.3. The van der Waals surface area contributed by atoms with Gasteiger partial charge >= 0.3 is 16.4 Å². The summed E-state index contributed by atoms with van der Waals surface area (Å²) in [7, 11) is 2.71. The summed E-state index contributed by atoms with van der Waals surface area (Å²) >= 11 is 0. The molecule has 0 aromatic carbocycles. The molecule has 0 aliphatic carbocycles. The monoisotopic (exact) mass is 257 g/mol. The van der Waals surface area contributed by atoms with Crippen LogP contribution in [0.15, 0.2) is 12.2 Å². The summed E-state index contributed by atoms with van der Waals surface area (Å²) in [4.78, 5) is 11.6. The average molecular weight is 257 g/mol. The number of carboxylic acid groups (broad SMARTS) is 1. The van der Waals surface area contributed by atoms with Crippen molar-refractivity contribution in [2.45, 2.75) is 6.92 Å². The predicted molar refractivity (Wildman–Crippen MR) is 60.6 cm³/mol. The second-order valence-corrected chi connectivity index (χ2v) is 4.21. The van der Waals surface area contributed by atoms with E-state index in [9.17, 15) is 13.2 Å². The van der Waals surface area contributed by atoms with Crippen molar-refractivity contribution in [3.05, 3.63) is 12.2 Å². The Hall–Kier alpha value is -0.960. The predicted octanol–water partition coefficient (Wildman–Crippen LogP) is 0.261. The molecule has 0 aliphatic heterocycles. The van der Waals surface area contributed by atoms with Gasteiger partial charge in [0.1, 0.15) is 0 Å². The maximum absolute atomic E-state index is 9.60. The SMILES string of the molecule is C=C(C)C(=O)O.CN(C)C.COS(=O)(=O)O. The minimum absolute atomic E-state index is 0.176. The summed E-state index contributed by atoms with van der Waals surface area (Å²) in [5.74, 6) is -0.935. The van der Waals surface area contributed by atoms with Gasteiger partial charge in [-0.1, -0.05) is 6.58 Å². The molecular formula is C8H19NO6S. The van der Waals surface area contributed by atoms with Gasteiger partial charge in [-0.25, -0.2) is 4.79 Å². The molecule has 0 saturated heterocycles. The lowest BCUT2D eigenvalue weighted by Gasteiger charge is -1.90. The van der Waals surface area contributed by atoms with E-state index >= 15 is 0 Å². The number of nitrogens with zero attached hydrogens (tertiary/aromatic N) is 1. The van der Waals surface area contributed by atoms with Crippen LogP contribution >= 0.6 is 0 Å². The van der Waals surface area contributed by atoms with Gasteiger partial charge in [0.25, 0.3) is 0 Å². The van der Waals surface area contributed by atoms with Crippen LogP contribution in [0.4, 0.5) is 0 Å². The molecule has 2 N–H and O–H groups in total. The van der Waals surface area contributed by atoms with Gasteiger partial charge in [-0.05, 0) is 28.1 Å². The molecule has 0 saturated carbocycles. The number of carbonyl (C=O) groups is 1. The van der Waals surface area contributed by atoms with E-state index in [1.54, 1.807) is 0 Å². The Bertz CT molecular complexity index is 281. The van der Waals surface area contributed by atoms with E-state index in [2.05, 4.69) is 10.8 Å². The van der Waals surface area contributed by atoms with Gasteiger partial charge in [-0.15, -0.1) is 0 Å². The number of aliphatic carboxylic acids is 1. The summed E-state index contributed by atoms with van der Waals surface area (Å²) < 4.78 is 29.7. The van der Waals surface area contributed by atoms with Crippen LogP contribution in [0.1, 0.15) is 6.92 Å². The van der Waals surface area contributed by atoms with Gasteiger partial charge in [0.2, 0.25) is 0 Å². The fourth-order valence-electron chi connectivity index (χ4n) is 0. The van der Waals surface area contributed by atoms with Crippen molar-refractivity contribution < 1.29 is 27.1 Å². The Kier molecular flexibility index (Phi) is 13.5. The van der Waals surface area contributed by atoms with Gasteiger partial charge in [-0.2, -0.15) is 8.42 Å². The minimum atomic E-state index is -4.16. The first-order valence-electron chi connectivity index (χ1n) is 3.96. The number of carboxylic acids is 1. The van der Waals surface area contributed by atoms with E-state index in [4.69, 9.17) is 9.66 Å². The third kappa shape index (κ3) is 51.8. The summed E-state index contributed by atoms with van der Waals surface area (Å²) in [5.41, 5.74) is 0.176. The molecule has 8 heteroatoms. The minimum Gasteiger partial charge on any atom is -0.478 e. The average Bonchev–Trinajstić information content (AvgIpc) is 2.02. The zero-order valence-electron chi connectivity index (χ0n) is 10.1. The molecular weight excluding hydrogens is 238 g/mol. The highest BCUT2D eigenvalue weighted by Crippen LogP contribution is 1.81. The number of rotatable bonds is 2. The van der Waals surface area contributed by atoms with Crippen LogP contribution in [-0.4, -0.2) is 57.2 Å². The molecule has 0 rings (SSSR count). The maximum atomic E-state index is 9.60. The first-order chi connectivity index (χ1) is 6.94. The molecule has 0 fully saturated rings. The fraction of sp³-hybridized carbons (Fsp3) is 0.625. The highest BCUT2D eigenvalue weighted by Gasteiger charge is 1.94. The third-order valence-electron chi connectivity index (χ3n) is 0.576. The molecule has 0 heterocycles. The Morgan fingerprint density at radius 3 is 1.44 bits per heavy atom. The quantitative estimate of drug-likeness (QED) is 0.540. The fourth-order valence-corrected chi connectivity index (χ4v) is 0. The van der Waals surface area contributed by atoms with Crippen LogP contribution in [0.2, 0.25) is 0 Å². The Morgan fingerprint density at radius 1 is 1.31 bits per heavy atom. The lowest BCUT2D eigenvalue weighted by Crippen LogP contribution is -1.99. The van der Waals surface area contributed by atoms with E-state index in [0.717, 1.165) is 7.11 Å². The second kappa shape index (κ2) is 10.6. The van der Waals surface area contributed by atoms with Crippen molar-refractivity contribution in [3.8, 4) is 0 Å². The second-order valence-electron chi connectivity index (χ2n) is 3.02. The molecule has 0 amide bonds. The molecule has 16 heavy (non-hydrogen) atoms. The van der Waals surface area contributed by atoms with Gasteiger partial charge in [-0.3, -0.25) is 8.74 Å². The standard InChI is InChI=1S/C4H6O2.C3H9N.CH4O4S/c1-3(2)4(5)6;1-4(2)3;1-5-6(2,3)4/h1H2,2H3,(H,5,6);1-3H3;1H3,(H,2,3,4). The molecule has 98 valence electrons. The van der Waals surface area contributed by atoms with E-state index in [-0.39, 0.29) is 5.57 Å². The van der Waals surface area contributed by atoms with Gasteiger partial charge in [0.05, 0.1) is 7.11 Å². The van der Waals surface area contributed by atoms with E-state index < -0.39 is 16.4 Å². The van der Waals surface area contributed by atoms with E-state index in [0.29, 0.717) is 0 Å². The number of hydrogen-bond acceptors (Lipinski definition) is 5. The van der Waals surface area contributed by atoms with Crippen LogP contribution in [0.25, 0.3) is 0 Å². The topological polar surface area (TPSA) is 104 Å². The molecule has 0 unspecified atom stereocenters. The first-order valence-corrected chi connectivity index (χ1v) is 5.33. The highest BCUT2D eigenvalue weighted by molar-refractivity contribution is 7.80. The Morgan fingerprint density at radius 2 is 1.44 bits per heavy atom. The smallest absolute Gasteiger partial charge is 0.397 e. The van der Waals surface area contributed by atoms with Crippen molar-refractivity contribution in [1.82, 2.24) is 4.90 Å². The first kappa shape index (κ1) is 20.5. The van der Waals surface area contributed by atoms with E-state index in [1.807, 2.05) is 26.0 Å². The molecule has 0 aromatic heterocycles. The van der Waals surface area contributed by atoms with Crippen LogP contribution in [0, 0.1) is 0 Å². The maximum Gasteiger partial charge on any atom is 0.397 e. The van der Waals surface area contributed by atoms with Crippen LogP contribution in [0.5, 0.6) is 0 Å².